The minimum atomic E-state index is 0.190. The van der Waals surface area contributed by atoms with Crippen molar-refractivity contribution >= 4 is 35.1 Å². The minimum absolute atomic E-state index is 0.190. The van der Waals surface area contributed by atoms with Gasteiger partial charge in [-0.3, -0.25) is 4.99 Å². The number of rotatable bonds is 2. The fraction of sp³-hybridized carbons (Fsp3) is 0.0714. The van der Waals surface area contributed by atoms with Crippen LogP contribution in [-0.4, -0.2) is 11.3 Å². The number of hydrogen-bond donors (Lipinski definition) is 1. The number of hydrogen-bond acceptors (Lipinski definition) is 2. The largest absolute Gasteiger partial charge is 0.508 e. The van der Waals surface area contributed by atoms with Crippen LogP contribution in [0.2, 0.25) is 10.0 Å². The molecule has 18 heavy (non-hydrogen) atoms. The fourth-order valence-electron chi connectivity index (χ4n) is 1.48. The van der Waals surface area contributed by atoms with Gasteiger partial charge >= 0.3 is 0 Å². The van der Waals surface area contributed by atoms with E-state index in [2.05, 4.69) is 4.99 Å². The van der Waals surface area contributed by atoms with Gasteiger partial charge in [0.25, 0.3) is 0 Å². The van der Waals surface area contributed by atoms with Gasteiger partial charge in [0.2, 0.25) is 0 Å². The van der Waals surface area contributed by atoms with Crippen LogP contribution >= 0.6 is 23.2 Å². The maximum absolute atomic E-state index is 9.41. The Hall–Kier alpha value is -1.51. The number of aliphatic imine (C=N–C) groups is 1. The summed E-state index contributed by atoms with van der Waals surface area (Å²) in [6.07, 6.45) is 1.65. The Morgan fingerprint density at radius 1 is 1.11 bits per heavy atom. The summed E-state index contributed by atoms with van der Waals surface area (Å²) in [6.45, 7) is 1.93. The molecule has 92 valence electrons. The second kappa shape index (κ2) is 5.42. The molecule has 2 aromatic carbocycles. The monoisotopic (exact) mass is 279 g/mol. The van der Waals surface area contributed by atoms with Crippen LogP contribution in [0.25, 0.3) is 0 Å². The topological polar surface area (TPSA) is 32.6 Å². The molecule has 0 atom stereocenters. The molecule has 0 amide bonds. The lowest BCUT2D eigenvalue weighted by atomic mass is 10.2. The van der Waals surface area contributed by atoms with Crippen LogP contribution in [0.1, 0.15) is 11.1 Å². The Morgan fingerprint density at radius 2 is 1.89 bits per heavy atom. The first-order valence-electron chi connectivity index (χ1n) is 5.35. The van der Waals surface area contributed by atoms with E-state index in [1.54, 1.807) is 36.5 Å². The molecule has 0 bridgehead atoms. The molecule has 0 spiro atoms. The number of phenolic OH excluding ortho intramolecular Hbond substituents is 1. The first-order valence-corrected chi connectivity index (χ1v) is 6.10. The van der Waals surface area contributed by atoms with Crippen molar-refractivity contribution in [2.24, 2.45) is 4.99 Å². The number of halogens is 2. The number of aryl methyl sites for hydroxylation is 1. The van der Waals surface area contributed by atoms with Gasteiger partial charge in [0, 0.05) is 22.9 Å². The smallest absolute Gasteiger partial charge is 0.117 e. The van der Waals surface area contributed by atoms with Crippen molar-refractivity contribution in [3.8, 4) is 5.75 Å². The molecule has 4 heteroatoms. The van der Waals surface area contributed by atoms with Crippen LogP contribution in [0.4, 0.5) is 5.69 Å². The standard InChI is InChI=1S/C14H11Cl2NO/c1-9-2-5-12(18)7-14(9)17-8-10-3-4-11(15)6-13(10)16/h2-8,18H,1H3. The van der Waals surface area contributed by atoms with E-state index in [-0.39, 0.29) is 5.75 Å². The van der Waals surface area contributed by atoms with Crippen molar-refractivity contribution in [3.63, 3.8) is 0 Å². The van der Waals surface area contributed by atoms with Gasteiger partial charge in [-0.25, -0.2) is 0 Å². The molecule has 0 fully saturated rings. The summed E-state index contributed by atoms with van der Waals surface area (Å²) in [6, 6.07) is 10.3. The summed E-state index contributed by atoms with van der Waals surface area (Å²) < 4.78 is 0. The van der Waals surface area contributed by atoms with Crippen LogP contribution in [0.3, 0.4) is 0 Å². The van der Waals surface area contributed by atoms with E-state index in [4.69, 9.17) is 23.2 Å². The zero-order valence-corrected chi connectivity index (χ0v) is 11.2. The fourth-order valence-corrected chi connectivity index (χ4v) is 1.94. The molecule has 0 saturated carbocycles. The van der Waals surface area contributed by atoms with Gasteiger partial charge in [0.1, 0.15) is 5.75 Å². The van der Waals surface area contributed by atoms with Gasteiger partial charge in [-0.1, -0.05) is 35.3 Å². The molecule has 0 aliphatic carbocycles. The molecular weight excluding hydrogens is 269 g/mol. The maximum Gasteiger partial charge on any atom is 0.117 e. The molecule has 0 aliphatic rings. The van der Waals surface area contributed by atoms with Gasteiger partial charge in [-0.2, -0.15) is 0 Å². The van der Waals surface area contributed by atoms with Crippen molar-refractivity contribution in [2.75, 3.05) is 0 Å². The molecule has 0 unspecified atom stereocenters. The molecule has 2 rings (SSSR count). The molecule has 0 heterocycles. The summed E-state index contributed by atoms with van der Waals surface area (Å²) in [5.41, 5.74) is 2.47. The average molecular weight is 280 g/mol. The van der Waals surface area contributed by atoms with Gasteiger partial charge in [0.15, 0.2) is 0 Å². The molecule has 1 N–H and O–H groups in total. The third-order valence-electron chi connectivity index (χ3n) is 2.50. The predicted molar refractivity (Wildman–Crippen MR) is 76.6 cm³/mol. The Kier molecular flexibility index (Phi) is 3.90. The van der Waals surface area contributed by atoms with E-state index in [9.17, 15) is 5.11 Å². The Morgan fingerprint density at radius 3 is 2.61 bits per heavy atom. The third-order valence-corrected chi connectivity index (χ3v) is 3.06. The number of phenols is 1. The molecule has 2 nitrogen and oxygen atoms in total. The van der Waals surface area contributed by atoms with E-state index in [0.29, 0.717) is 15.7 Å². The molecule has 0 aromatic heterocycles. The highest BCUT2D eigenvalue weighted by molar-refractivity contribution is 6.36. The van der Waals surface area contributed by atoms with Crippen LogP contribution in [-0.2, 0) is 0 Å². The molecule has 0 aliphatic heterocycles. The Labute approximate surface area is 116 Å². The van der Waals surface area contributed by atoms with Crippen LogP contribution in [0.15, 0.2) is 41.4 Å². The van der Waals surface area contributed by atoms with E-state index in [0.717, 1.165) is 11.1 Å². The quantitative estimate of drug-likeness (QED) is 0.790. The zero-order valence-electron chi connectivity index (χ0n) is 9.69. The second-order valence-electron chi connectivity index (χ2n) is 3.89. The lowest BCUT2D eigenvalue weighted by Crippen LogP contribution is -1.83. The first-order chi connectivity index (χ1) is 8.56. The number of nitrogens with zero attached hydrogens (tertiary/aromatic N) is 1. The minimum Gasteiger partial charge on any atom is -0.508 e. The van der Waals surface area contributed by atoms with Gasteiger partial charge < -0.3 is 5.11 Å². The van der Waals surface area contributed by atoms with E-state index in [1.807, 2.05) is 13.0 Å². The van der Waals surface area contributed by atoms with Crippen molar-refractivity contribution in [3.05, 3.63) is 57.6 Å². The van der Waals surface area contributed by atoms with Crippen LogP contribution in [0.5, 0.6) is 5.75 Å². The predicted octanol–water partition coefficient (Wildman–Crippen LogP) is 4.76. The van der Waals surface area contributed by atoms with Crippen molar-refractivity contribution in [1.29, 1.82) is 0 Å². The average Bonchev–Trinajstić information content (AvgIpc) is 2.32. The zero-order chi connectivity index (χ0) is 13.1. The number of aromatic hydroxyl groups is 1. The summed E-state index contributed by atoms with van der Waals surface area (Å²) in [5.74, 6) is 0.190. The Balaban J connectivity index is 2.32. The van der Waals surface area contributed by atoms with Crippen molar-refractivity contribution in [1.82, 2.24) is 0 Å². The summed E-state index contributed by atoms with van der Waals surface area (Å²) in [5, 5.41) is 10.5. The van der Waals surface area contributed by atoms with E-state index < -0.39 is 0 Å². The van der Waals surface area contributed by atoms with Gasteiger partial charge in [0.05, 0.1) is 10.7 Å². The molecule has 2 aromatic rings. The summed E-state index contributed by atoms with van der Waals surface area (Å²) in [4.78, 5) is 4.31. The lowest BCUT2D eigenvalue weighted by molar-refractivity contribution is 0.475. The summed E-state index contributed by atoms with van der Waals surface area (Å²) >= 11 is 11.9. The van der Waals surface area contributed by atoms with Crippen LogP contribution < -0.4 is 0 Å². The highest BCUT2D eigenvalue weighted by Crippen LogP contribution is 2.25. The summed E-state index contributed by atoms with van der Waals surface area (Å²) in [7, 11) is 0. The molecule has 0 radical (unpaired) electrons. The Bertz CT molecular complexity index is 609. The second-order valence-corrected chi connectivity index (χ2v) is 4.74. The third kappa shape index (κ3) is 3.03. The van der Waals surface area contributed by atoms with E-state index >= 15 is 0 Å². The van der Waals surface area contributed by atoms with Crippen molar-refractivity contribution < 1.29 is 5.11 Å². The molecule has 0 saturated heterocycles. The van der Waals surface area contributed by atoms with Gasteiger partial charge in [-0.15, -0.1) is 0 Å². The number of benzene rings is 2. The van der Waals surface area contributed by atoms with Crippen molar-refractivity contribution in [2.45, 2.75) is 6.92 Å². The van der Waals surface area contributed by atoms with Gasteiger partial charge in [-0.05, 0) is 30.7 Å². The lowest BCUT2D eigenvalue weighted by Gasteiger charge is -2.01. The van der Waals surface area contributed by atoms with Crippen LogP contribution in [0, 0.1) is 6.92 Å². The van der Waals surface area contributed by atoms with E-state index in [1.165, 1.54) is 0 Å². The normalized spacial score (nSPS) is 11.1. The highest BCUT2D eigenvalue weighted by Gasteiger charge is 2.00. The SMILES string of the molecule is Cc1ccc(O)cc1N=Cc1ccc(Cl)cc1Cl. The molecular formula is C14H11Cl2NO. The maximum atomic E-state index is 9.41. The highest BCUT2D eigenvalue weighted by atomic mass is 35.5. The first kappa shape index (κ1) is 12.9.